The standard InChI is InChI=1S/C12H14N4O2/c1-9-7-13-15-16(9)8-12(17)14-10-3-5-11(18-2)6-4-10/h3-7H,8H2,1-2H3,(H,14,17). The molecule has 1 aromatic carbocycles. The van der Waals surface area contributed by atoms with Gasteiger partial charge in [-0.05, 0) is 31.2 Å². The molecule has 0 unspecified atom stereocenters. The van der Waals surface area contributed by atoms with E-state index in [-0.39, 0.29) is 12.5 Å². The molecule has 2 rings (SSSR count). The van der Waals surface area contributed by atoms with Crippen LogP contribution in [-0.4, -0.2) is 28.0 Å². The van der Waals surface area contributed by atoms with Crippen molar-refractivity contribution in [3.8, 4) is 5.75 Å². The SMILES string of the molecule is COc1ccc(NC(=O)Cn2nncc2C)cc1. The second kappa shape index (κ2) is 5.31. The highest BCUT2D eigenvalue weighted by Crippen LogP contribution is 2.14. The van der Waals surface area contributed by atoms with Crippen LogP contribution in [0.25, 0.3) is 0 Å². The van der Waals surface area contributed by atoms with Gasteiger partial charge >= 0.3 is 0 Å². The molecule has 0 saturated heterocycles. The van der Waals surface area contributed by atoms with E-state index in [2.05, 4.69) is 15.6 Å². The number of amides is 1. The number of benzene rings is 1. The van der Waals surface area contributed by atoms with Crippen LogP contribution in [0.4, 0.5) is 5.69 Å². The molecule has 0 fully saturated rings. The predicted molar refractivity (Wildman–Crippen MR) is 66.4 cm³/mol. The lowest BCUT2D eigenvalue weighted by Crippen LogP contribution is -2.20. The summed E-state index contributed by atoms with van der Waals surface area (Å²) in [7, 11) is 1.60. The minimum Gasteiger partial charge on any atom is -0.497 e. The summed E-state index contributed by atoms with van der Waals surface area (Å²) in [5.74, 6) is 0.605. The molecule has 1 heterocycles. The Morgan fingerprint density at radius 1 is 1.39 bits per heavy atom. The van der Waals surface area contributed by atoms with Crippen LogP contribution >= 0.6 is 0 Å². The number of ether oxygens (including phenoxy) is 1. The number of methoxy groups -OCH3 is 1. The van der Waals surface area contributed by atoms with Crippen molar-refractivity contribution in [2.75, 3.05) is 12.4 Å². The molecule has 6 nitrogen and oxygen atoms in total. The maximum Gasteiger partial charge on any atom is 0.246 e. The average Bonchev–Trinajstić information content (AvgIpc) is 2.76. The molecule has 1 aromatic heterocycles. The minimum atomic E-state index is -0.145. The Labute approximate surface area is 105 Å². The molecule has 0 atom stereocenters. The Kier molecular flexibility index (Phi) is 3.57. The van der Waals surface area contributed by atoms with Crippen LogP contribution in [0.3, 0.4) is 0 Å². The number of rotatable bonds is 4. The summed E-state index contributed by atoms with van der Waals surface area (Å²) < 4.78 is 6.58. The Morgan fingerprint density at radius 3 is 2.67 bits per heavy atom. The van der Waals surface area contributed by atoms with E-state index in [1.165, 1.54) is 0 Å². The topological polar surface area (TPSA) is 69.0 Å². The van der Waals surface area contributed by atoms with Crippen molar-refractivity contribution in [1.82, 2.24) is 15.0 Å². The zero-order valence-electron chi connectivity index (χ0n) is 10.3. The number of hydrogen-bond donors (Lipinski definition) is 1. The summed E-state index contributed by atoms with van der Waals surface area (Å²) in [6, 6.07) is 7.14. The van der Waals surface area contributed by atoms with E-state index in [0.29, 0.717) is 0 Å². The first kappa shape index (κ1) is 12.1. The van der Waals surface area contributed by atoms with Gasteiger partial charge in [0.1, 0.15) is 12.3 Å². The Balaban J connectivity index is 1.96. The molecular formula is C12H14N4O2. The maximum absolute atomic E-state index is 11.8. The van der Waals surface area contributed by atoms with Crippen LogP contribution in [0.15, 0.2) is 30.5 Å². The molecule has 0 bridgehead atoms. The second-order valence-corrected chi connectivity index (χ2v) is 3.81. The largest absolute Gasteiger partial charge is 0.497 e. The molecule has 0 aliphatic rings. The molecule has 0 aliphatic carbocycles. The maximum atomic E-state index is 11.8. The molecule has 0 aliphatic heterocycles. The predicted octanol–water partition coefficient (Wildman–Crippen LogP) is 1.23. The van der Waals surface area contributed by atoms with Gasteiger partial charge in [-0.2, -0.15) is 0 Å². The Morgan fingerprint density at radius 2 is 2.11 bits per heavy atom. The van der Waals surface area contributed by atoms with Gasteiger partial charge in [0.15, 0.2) is 0 Å². The summed E-state index contributed by atoms with van der Waals surface area (Å²) in [6.45, 7) is 2.00. The molecule has 6 heteroatoms. The third kappa shape index (κ3) is 2.85. The van der Waals surface area contributed by atoms with E-state index in [4.69, 9.17) is 4.74 Å². The Bertz CT molecular complexity index is 533. The van der Waals surface area contributed by atoms with Gasteiger partial charge in [0, 0.05) is 5.69 Å². The smallest absolute Gasteiger partial charge is 0.246 e. The van der Waals surface area contributed by atoms with Gasteiger partial charge in [0.25, 0.3) is 0 Å². The monoisotopic (exact) mass is 246 g/mol. The van der Waals surface area contributed by atoms with Crippen LogP contribution in [-0.2, 0) is 11.3 Å². The lowest BCUT2D eigenvalue weighted by atomic mass is 10.3. The number of nitrogens with one attached hydrogen (secondary N) is 1. The molecule has 18 heavy (non-hydrogen) atoms. The van der Waals surface area contributed by atoms with Crippen molar-refractivity contribution in [1.29, 1.82) is 0 Å². The third-order valence-corrected chi connectivity index (χ3v) is 2.48. The van der Waals surface area contributed by atoms with Gasteiger partial charge in [-0.3, -0.25) is 4.79 Å². The fourth-order valence-electron chi connectivity index (χ4n) is 1.48. The van der Waals surface area contributed by atoms with E-state index < -0.39 is 0 Å². The minimum absolute atomic E-state index is 0.145. The van der Waals surface area contributed by atoms with E-state index in [1.807, 2.05) is 6.92 Å². The normalized spacial score (nSPS) is 10.1. The highest BCUT2D eigenvalue weighted by molar-refractivity contribution is 5.90. The van der Waals surface area contributed by atoms with Gasteiger partial charge in [-0.25, -0.2) is 4.68 Å². The van der Waals surface area contributed by atoms with Gasteiger partial charge in [0.05, 0.1) is 19.0 Å². The molecule has 1 N–H and O–H groups in total. The fourth-order valence-corrected chi connectivity index (χ4v) is 1.48. The zero-order chi connectivity index (χ0) is 13.0. The molecule has 94 valence electrons. The molecule has 0 radical (unpaired) electrons. The van der Waals surface area contributed by atoms with E-state index in [0.717, 1.165) is 17.1 Å². The first-order valence-corrected chi connectivity index (χ1v) is 5.48. The van der Waals surface area contributed by atoms with Crippen molar-refractivity contribution in [3.05, 3.63) is 36.2 Å². The number of aryl methyl sites for hydroxylation is 1. The summed E-state index contributed by atoms with van der Waals surface area (Å²) in [5.41, 5.74) is 1.57. The fraction of sp³-hybridized carbons (Fsp3) is 0.250. The van der Waals surface area contributed by atoms with Crippen molar-refractivity contribution in [3.63, 3.8) is 0 Å². The number of hydrogen-bond acceptors (Lipinski definition) is 4. The lowest BCUT2D eigenvalue weighted by molar-refractivity contribution is -0.117. The van der Waals surface area contributed by atoms with Crippen molar-refractivity contribution < 1.29 is 9.53 Å². The summed E-state index contributed by atoms with van der Waals surface area (Å²) in [4.78, 5) is 11.8. The van der Waals surface area contributed by atoms with Gasteiger partial charge in [-0.1, -0.05) is 5.21 Å². The van der Waals surface area contributed by atoms with Crippen LogP contribution < -0.4 is 10.1 Å². The molecule has 0 spiro atoms. The van der Waals surface area contributed by atoms with Gasteiger partial charge < -0.3 is 10.1 Å². The van der Waals surface area contributed by atoms with Crippen molar-refractivity contribution >= 4 is 11.6 Å². The first-order valence-electron chi connectivity index (χ1n) is 5.48. The quantitative estimate of drug-likeness (QED) is 0.881. The highest BCUT2D eigenvalue weighted by atomic mass is 16.5. The summed E-state index contributed by atoms with van der Waals surface area (Å²) in [6.07, 6.45) is 1.61. The Hall–Kier alpha value is -2.37. The third-order valence-electron chi connectivity index (χ3n) is 2.48. The summed E-state index contributed by atoms with van der Waals surface area (Å²) in [5, 5.41) is 10.3. The van der Waals surface area contributed by atoms with Gasteiger partial charge in [0.2, 0.25) is 5.91 Å². The highest BCUT2D eigenvalue weighted by Gasteiger charge is 2.06. The second-order valence-electron chi connectivity index (χ2n) is 3.81. The number of carbonyl (C=O) groups is 1. The van der Waals surface area contributed by atoms with E-state index >= 15 is 0 Å². The van der Waals surface area contributed by atoms with Crippen LogP contribution in [0.1, 0.15) is 5.69 Å². The van der Waals surface area contributed by atoms with E-state index in [1.54, 1.807) is 42.3 Å². The molecule has 1 amide bonds. The lowest BCUT2D eigenvalue weighted by Gasteiger charge is -2.06. The average molecular weight is 246 g/mol. The number of carbonyl (C=O) groups excluding carboxylic acids is 1. The van der Waals surface area contributed by atoms with E-state index in [9.17, 15) is 4.79 Å². The van der Waals surface area contributed by atoms with Crippen LogP contribution in [0.2, 0.25) is 0 Å². The van der Waals surface area contributed by atoms with Crippen LogP contribution in [0.5, 0.6) is 5.75 Å². The molecular weight excluding hydrogens is 232 g/mol. The van der Waals surface area contributed by atoms with Crippen molar-refractivity contribution in [2.24, 2.45) is 0 Å². The van der Waals surface area contributed by atoms with Gasteiger partial charge in [-0.15, -0.1) is 5.10 Å². The number of nitrogens with zero attached hydrogens (tertiary/aromatic N) is 3. The first-order chi connectivity index (χ1) is 8.69. The molecule has 0 saturated carbocycles. The van der Waals surface area contributed by atoms with Crippen molar-refractivity contribution in [2.45, 2.75) is 13.5 Å². The molecule has 2 aromatic rings. The summed E-state index contributed by atoms with van der Waals surface area (Å²) >= 11 is 0. The number of aromatic nitrogens is 3. The zero-order valence-corrected chi connectivity index (χ0v) is 10.3. The van der Waals surface area contributed by atoms with Crippen LogP contribution in [0, 0.1) is 6.92 Å². The number of anilines is 1.